The summed E-state index contributed by atoms with van der Waals surface area (Å²) in [5.41, 5.74) is -0.284. The Kier molecular flexibility index (Phi) is 8.20. The molecule has 3 unspecified atom stereocenters. The standard InChI is InChI=1S/C30H33F5N4O2/c1-17-15-38(18(2)14-36-17)16-24-26(28(40)37-27(19-9-10-19)20-5-3-6-21(31)13-20)22-7-4-8-23(32)25(22)29(41)39(24)12-11-30(33,34)35/h3-8,13,17-19,27,36H,9-12,14-16H2,1-2H3,(H,37,40). The maximum Gasteiger partial charge on any atom is 0.390 e. The van der Waals surface area contributed by atoms with Crippen LogP contribution in [0.4, 0.5) is 22.0 Å². The van der Waals surface area contributed by atoms with Gasteiger partial charge in [-0.05, 0) is 56.4 Å². The van der Waals surface area contributed by atoms with Gasteiger partial charge in [0, 0.05) is 49.3 Å². The molecule has 1 amide bonds. The first-order valence-electron chi connectivity index (χ1n) is 13.9. The topological polar surface area (TPSA) is 66.4 Å². The molecule has 6 nitrogen and oxygen atoms in total. The predicted octanol–water partition coefficient (Wildman–Crippen LogP) is 5.30. The van der Waals surface area contributed by atoms with Gasteiger partial charge in [-0.15, -0.1) is 0 Å². The average Bonchev–Trinajstić information content (AvgIpc) is 3.74. The Morgan fingerprint density at radius 1 is 1.12 bits per heavy atom. The highest BCUT2D eigenvalue weighted by Crippen LogP contribution is 2.41. The molecule has 1 aromatic heterocycles. The molecule has 5 rings (SSSR count). The number of nitrogens with zero attached hydrogens (tertiary/aromatic N) is 2. The molecule has 2 aliphatic rings. The Bertz CT molecular complexity index is 1500. The summed E-state index contributed by atoms with van der Waals surface area (Å²) in [7, 11) is 0. The lowest BCUT2D eigenvalue weighted by Crippen LogP contribution is -2.54. The molecule has 1 saturated carbocycles. The van der Waals surface area contributed by atoms with Crippen LogP contribution in [0.15, 0.2) is 47.3 Å². The first-order valence-corrected chi connectivity index (χ1v) is 13.9. The molecule has 0 bridgehead atoms. The largest absolute Gasteiger partial charge is 0.390 e. The van der Waals surface area contributed by atoms with Crippen molar-refractivity contribution >= 4 is 16.7 Å². The Balaban J connectivity index is 1.67. The first-order chi connectivity index (χ1) is 19.4. The zero-order chi connectivity index (χ0) is 29.5. The highest BCUT2D eigenvalue weighted by atomic mass is 19.4. The second-order valence-corrected chi connectivity index (χ2v) is 11.2. The van der Waals surface area contributed by atoms with E-state index in [1.807, 2.05) is 18.7 Å². The zero-order valence-corrected chi connectivity index (χ0v) is 22.9. The van der Waals surface area contributed by atoms with Gasteiger partial charge in [0.05, 0.1) is 23.4 Å². The minimum Gasteiger partial charge on any atom is -0.345 e. The molecule has 2 N–H and O–H groups in total. The van der Waals surface area contributed by atoms with Crippen molar-refractivity contribution in [1.29, 1.82) is 0 Å². The maximum atomic E-state index is 15.1. The van der Waals surface area contributed by atoms with Gasteiger partial charge >= 0.3 is 6.18 Å². The highest BCUT2D eigenvalue weighted by Gasteiger charge is 2.36. The van der Waals surface area contributed by atoms with E-state index in [0.29, 0.717) is 18.7 Å². The molecule has 2 aromatic carbocycles. The highest BCUT2D eigenvalue weighted by molar-refractivity contribution is 6.08. The van der Waals surface area contributed by atoms with Gasteiger partial charge in [-0.2, -0.15) is 13.2 Å². The van der Waals surface area contributed by atoms with Gasteiger partial charge < -0.3 is 15.2 Å². The fraction of sp³-hybridized carbons (Fsp3) is 0.467. The van der Waals surface area contributed by atoms with Crippen LogP contribution >= 0.6 is 0 Å². The SMILES string of the molecule is CC1CN(Cc2c(C(=O)NC(c3cccc(F)c3)C3CC3)c3cccc(F)c3c(=O)n2CCC(F)(F)F)C(C)CN1. The minimum absolute atomic E-state index is 0.0174. The van der Waals surface area contributed by atoms with Crippen molar-refractivity contribution in [2.75, 3.05) is 13.1 Å². The van der Waals surface area contributed by atoms with Crippen LogP contribution in [0.5, 0.6) is 0 Å². The molecule has 220 valence electrons. The number of nitrogens with one attached hydrogen (secondary N) is 2. The second-order valence-electron chi connectivity index (χ2n) is 11.2. The number of aromatic nitrogens is 1. The Morgan fingerprint density at radius 3 is 2.54 bits per heavy atom. The number of amides is 1. The van der Waals surface area contributed by atoms with Gasteiger partial charge in [0.1, 0.15) is 11.6 Å². The van der Waals surface area contributed by atoms with E-state index in [0.717, 1.165) is 23.5 Å². The van der Waals surface area contributed by atoms with Gasteiger partial charge in [-0.25, -0.2) is 8.78 Å². The van der Waals surface area contributed by atoms with Crippen molar-refractivity contribution in [3.8, 4) is 0 Å². The second kappa shape index (κ2) is 11.5. The number of carbonyl (C=O) groups is 1. The lowest BCUT2D eigenvalue weighted by molar-refractivity contribution is -0.136. The van der Waals surface area contributed by atoms with Crippen LogP contribution in [0.1, 0.15) is 60.8 Å². The molecule has 1 aliphatic heterocycles. The van der Waals surface area contributed by atoms with Gasteiger partial charge in [-0.3, -0.25) is 14.5 Å². The lowest BCUT2D eigenvalue weighted by Gasteiger charge is -2.38. The molecule has 41 heavy (non-hydrogen) atoms. The molecule has 2 heterocycles. The number of hydrogen-bond acceptors (Lipinski definition) is 4. The van der Waals surface area contributed by atoms with Crippen molar-refractivity contribution in [3.63, 3.8) is 0 Å². The number of halogens is 5. The molecule has 1 aliphatic carbocycles. The van der Waals surface area contributed by atoms with Gasteiger partial charge in [0.2, 0.25) is 0 Å². The zero-order valence-electron chi connectivity index (χ0n) is 22.9. The number of carbonyl (C=O) groups excluding carboxylic acids is 1. The molecule has 2 fully saturated rings. The Labute approximate surface area is 234 Å². The average molecular weight is 577 g/mol. The molecular formula is C30H33F5N4O2. The summed E-state index contributed by atoms with van der Waals surface area (Å²) in [5.74, 6) is -1.97. The molecule has 3 aromatic rings. The summed E-state index contributed by atoms with van der Waals surface area (Å²) in [6.07, 6.45) is -4.27. The lowest BCUT2D eigenvalue weighted by atomic mass is 9.98. The quantitative estimate of drug-likeness (QED) is 0.358. The van der Waals surface area contributed by atoms with Crippen LogP contribution in [0.3, 0.4) is 0 Å². The van der Waals surface area contributed by atoms with E-state index in [9.17, 15) is 27.2 Å². The predicted molar refractivity (Wildman–Crippen MR) is 146 cm³/mol. The first kappa shape index (κ1) is 29.2. The minimum atomic E-state index is -4.57. The van der Waals surface area contributed by atoms with Crippen LogP contribution in [0.25, 0.3) is 10.8 Å². The number of alkyl halides is 3. The normalized spacial score (nSPS) is 20.8. The molecular weight excluding hydrogens is 543 g/mol. The summed E-state index contributed by atoms with van der Waals surface area (Å²) in [4.78, 5) is 29.8. The van der Waals surface area contributed by atoms with Gasteiger partial charge in [0.25, 0.3) is 11.5 Å². The van der Waals surface area contributed by atoms with Crippen LogP contribution in [0, 0.1) is 17.6 Å². The van der Waals surface area contributed by atoms with Crippen molar-refractivity contribution in [3.05, 3.63) is 81.3 Å². The summed E-state index contributed by atoms with van der Waals surface area (Å²) >= 11 is 0. The van der Waals surface area contributed by atoms with E-state index >= 15 is 4.39 Å². The van der Waals surface area contributed by atoms with E-state index < -0.39 is 53.7 Å². The number of fused-ring (bicyclic) bond motifs is 1. The van der Waals surface area contributed by atoms with Gasteiger partial charge in [-0.1, -0.05) is 24.3 Å². The van der Waals surface area contributed by atoms with E-state index in [4.69, 9.17) is 0 Å². The fourth-order valence-corrected chi connectivity index (χ4v) is 5.72. The molecule has 1 saturated heterocycles. The number of piperazine rings is 1. The Hall–Kier alpha value is -3.31. The van der Waals surface area contributed by atoms with Crippen molar-refractivity contribution < 1.29 is 26.7 Å². The summed E-state index contributed by atoms with van der Waals surface area (Å²) in [5, 5.41) is 5.92. The smallest absolute Gasteiger partial charge is 0.345 e. The van der Waals surface area contributed by atoms with Crippen LogP contribution < -0.4 is 16.2 Å². The third-order valence-electron chi connectivity index (χ3n) is 8.04. The van der Waals surface area contributed by atoms with Crippen LogP contribution in [-0.2, 0) is 13.1 Å². The summed E-state index contributed by atoms with van der Waals surface area (Å²) < 4.78 is 70.3. The van der Waals surface area contributed by atoms with E-state index in [-0.39, 0.29) is 41.2 Å². The fourth-order valence-electron chi connectivity index (χ4n) is 5.72. The molecule has 0 spiro atoms. The van der Waals surface area contributed by atoms with Crippen LogP contribution in [-0.4, -0.2) is 46.7 Å². The van der Waals surface area contributed by atoms with E-state index in [2.05, 4.69) is 10.6 Å². The van der Waals surface area contributed by atoms with Crippen molar-refractivity contribution in [1.82, 2.24) is 20.1 Å². The third-order valence-corrected chi connectivity index (χ3v) is 8.04. The molecule has 0 radical (unpaired) electrons. The van der Waals surface area contributed by atoms with Crippen LogP contribution in [0.2, 0.25) is 0 Å². The van der Waals surface area contributed by atoms with E-state index in [1.165, 1.54) is 24.3 Å². The van der Waals surface area contributed by atoms with Crippen molar-refractivity contribution in [2.24, 2.45) is 5.92 Å². The molecule has 3 atom stereocenters. The van der Waals surface area contributed by atoms with E-state index in [1.54, 1.807) is 12.1 Å². The Morgan fingerprint density at radius 2 is 1.85 bits per heavy atom. The number of pyridine rings is 1. The van der Waals surface area contributed by atoms with Crippen molar-refractivity contribution in [2.45, 2.75) is 70.5 Å². The number of rotatable bonds is 8. The monoisotopic (exact) mass is 576 g/mol. The summed E-state index contributed by atoms with van der Waals surface area (Å²) in [6, 6.07) is 9.26. The summed E-state index contributed by atoms with van der Waals surface area (Å²) in [6.45, 7) is 4.33. The third kappa shape index (κ3) is 6.46. The molecule has 11 heteroatoms. The van der Waals surface area contributed by atoms with Gasteiger partial charge in [0.15, 0.2) is 0 Å². The maximum absolute atomic E-state index is 15.1. The number of benzene rings is 2. The number of hydrogen-bond donors (Lipinski definition) is 2.